The molecule has 0 aromatic heterocycles. The van der Waals surface area contributed by atoms with E-state index in [1.165, 1.54) is 12.1 Å². The molecule has 5 nitrogen and oxygen atoms in total. The Morgan fingerprint density at radius 1 is 0.808 bits per heavy atom. The van der Waals surface area contributed by atoms with E-state index in [1.54, 1.807) is 24.3 Å². The molecular formula is C21H19NO4. The summed E-state index contributed by atoms with van der Waals surface area (Å²) < 4.78 is 11.3. The molecule has 0 unspecified atom stereocenters. The normalized spacial score (nSPS) is 10.2. The lowest BCUT2D eigenvalue weighted by Crippen LogP contribution is -2.14. The molecule has 0 aliphatic heterocycles. The van der Waals surface area contributed by atoms with Crippen LogP contribution in [0.2, 0.25) is 0 Å². The van der Waals surface area contributed by atoms with Crippen molar-refractivity contribution in [2.24, 2.45) is 0 Å². The lowest BCUT2D eigenvalue weighted by molar-refractivity contribution is 0.102. The van der Waals surface area contributed by atoms with E-state index < -0.39 is 0 Å². The number of phenols is 1. The molecule has 0 aliphatic rings. The van der Waals surface area contributed by atoms with Gasteiger partial charge in [-0.25, -0.2) is 0 Å². The van der Waals surface area contributed by atoms with Crippen molar-refractivity contribution in [3.8, 4) is 17.2 Å². The number of para-hydroxylation sites is 3. The maximum atomic E-state index is 12.3. The minimum atomic E-state index is -0.276. The Hall–Kier alpha value is -3.47. The number of carbonyl (C=O) groups is 1. The summed E-state index contributed by atoms with van der Waals surface area (Å²) in [6.07, 6.45) is 0. The Kier molecular flexibility index (Phi) is 5.72. The molecule has 0 atom stereocenters. The van der Waals surface area contributed by atoms with Crippen LogP contribution in [0.1, 0.15) is 10.4 Å². The summed E-state index contributed by atoms with van der Waals surface area (Å²) in [6.45, 7) is 0.741. The highest BCUT2D eigenvalue weighted by molar-refractivity contribution is 6.05. The third-order valence-corrected chi connectivity index (χ3v) is 3.62. The first-order valence-corrected chi connectivity index (χ1v) is 8.22. The van der Waals surface area contributed by atoms with Crippen molar-refractivity contribution in [3.63, 3.8) is 0 Å². The monoisotopic (exact) mass is 349 g/mol. The van der Waals surface area contributed by atoms with Crippen LogP contribution in [-0.2, 0) is 0 Å². The quantitative estimate of drug-likeness (QED) is 0.630. The number of hydrogen-bond donors (Lipinski definition) is 2. The Morgan fingerprint density at radius 3 is 2.23 bits per heavy atom. The molecule has 26 heavy (non-hydrogen) atoms. The number of benzene rings is 3. The highest BCUT2D eigenvalue weighted by atomic mass is 16.5. The summed E-state index contributed by atoms with van der Waals surface area (Å²) in [5, 5.41) is 12.1. The fraction of sp³-hybridized carbons (Fsp3) is 0.0952. The summed E-state index contributed by atoms with van der Waals surface area (Å²) in [5.41, 5.74) is 1.02. The molecule has 0 saturated carbocycles. The van der Waals surface area contributed by atoms with Crippen molar-refractivity contribution in [2.45, 2.75) is 0 Å². The zero-order valence-electron chi connectivity index (χ0n) is 14.1. The van der Waals surface area contributed by atoms with Crippen LogP contribution >= 0.6 is 0 Å². The van der Waals surface area contributed by atoms with E-state index >= 15 is 0 Å². The van der Waals surface area contributed by atoms with Gasteiger partial charge in [-0.15, -0.1) is 0 Å². The first-order chi connectivity index (χ1) is 12.7. The summed E-state index contributed by atoms with van der Waals surface area (Å²) in [5.74, 6) is 1.19. The van der Waals surface area contributed by atoms with Gasteiger partial charge >= 0.3 is 0 Å². The van der Waals surface area contributed by atoms with Gasteiger partial charge in [-0.2, -0.15) is 0 Å². The number of phenolic OH excluding ortho intramolecular Hbond substituents is 1. The van der Waals surface area contributed by atoms with Gasteiger partial charge in [-0.3, -0.25) is 4.79 Å². The van der Waals surface area contributed by atoms with Crippen LogP contribution in [0.4, 0.5) is 5.69 Å². The van der Waals surface area contributed by atoms with Crippen molar-refractivity contribution in [3.05, 3.63) is 84.4 Å². The number of aromatic hydroxyl groups is 1. The van der Waals surface area contributed by atoms with Gasteiger partial charge in [-0.1, -0.05) is 30.3 Å². The number of rotatable bonds is 7. The maximum Gasteiger partial charge on any atom is 0.255 e. The second-order valence-corrected chi connectivity index (χ2v) is 5.51. The molecule has 1 amide bonds. The second kappa shape index (κ2) is 8.58. The molecule has 0 fully saturated rings. The van der Waals surface area contributed by atoms with Crippen LogP contribution in [-0.4, -0.2) is 24.2 Å². The van der Waals surface area contributed by atoms with Crippen LogP contribution in [0.15, 0.2) is 78.9 Å². The van der Waals surface area contributed by atoms with Crippen LogP contribution < -0.4 is 14.8 Å². The fourth-order valence-electron chi connectivity index (χ4n) is 2.33. The largest absolute Gasteiger partial charge is 0.508 e. The van der Waals surface area contributed by atoms with Crippen molar-refractivity contribution in [2.75, 3.05) is 18.5 Å². The summed E-state index contributed by atoms with van der Waals surface area (Å²) in [4.78, 5) is 12.3. The van der Waals surface area contributed by atoms with Gasteiger partial charge in [0.15, 0.2) is 0 Å². The lowest BCUT2D eigenvalue weighted by Gasteiger charge is -2.13. The molecule has 0 aliphatic carbocycles. The third kappa shape index (κ3) is 4.77. The zero-order chi connectivity index (χ0) is 18.2. The van der Waals surface area contributed by atoms with Crippen molar-refractivity contribution in [1.29, 1.82) is 0 Å². The van der Waals surface area contributed by atoms with Crippen LogP contribution in [0.25, 0.3) is 0 Å². The molecule has 2 N–H and O–H groups in total. The van der Waals surface area contributed by atoms with E-state index in [2.05, 4.69) is 5.32 Å². The number of carbonyl (C=O) groups excluding carboxylic acids is 1. The minimum Gasteiger partial charge on any atom is -0.508 e. The highest BCUT2D eigenvalue weighted by Crippen LogP contribution is 2.24. The first-order valence-electron chi connectivity index (χ1n) is 8.22. The predicted molar refractivity (Wildman–Crippen MR) is 99.9 cm³/mol. The summed E-state index contributed by atoms with van der Waals surface area (Å²) >= 11 is 0. The molecule has 3 rings (SSSR count). The number of ether oxygens (including phenoxy) is 2. The Bertz CT molecular complexity index is 847. The van der Waals surface area contributed by atoms with Gasteiger partial charge in [-0.05, 0) is 48.5 Å². The van der Waals surface area contributed by atoms with Gasteiger partial charge in [0, 0.05) is 5.56 Å². The average molecular weight is 349 g/mol. The van der Waals surface area contributed by atoms with E-state index in [-0.39, 0.29) is 11.7 Å². The van der Waals surface area contributed by atoms with Gasteiger partial charge in [0.2, 0.25) is 0 Å². The Balaban J connectivity index is 1.57. The zero-order valence-corrected chi connectivity index (χ0v) is 14.1. The minimum absolute atomic E-state index is 0.115. The third-order valence-electron chi connectivity index (χ3n) is 3.62. The molecule has 3 aromatic rings. The fourth-order valence-corrected chi connectivity index (χ4v) is 2.33. The summed E-state index contributed by atoms with van der Waals surface area (Å²) in [6, 6.07) is 22.8. The first kappa shape index (κ1) is 17.4. The van der Waals surface area contributed by atoms with E-state index in [0.717, 1.165) is 5.75 Å². The molecule has 132 valence electrons. The molecule has 0 saturated heterocycles. The van der Waals surface area contributed by atoms with Crippen molar-refractivity contribution < 1.29 is 19.4 Å². The second-order valence-electron chi connectivity index (χ2n) is 5.51. The predicted octanol–water partition coefficient (Wildman–Crippen LogP) is 4.10. The smallest absolute Gasteiger partial charge is 0.255 e. The molecular weight excluding hydrogens is 330 g/mol. The molecule has 0 radical (unpaired) electrons. The number of hydrogen-bond acceptors (Lipinski definition) is 4. The molecule has 3 aromatic carbocycles. The number of anilines is 1. The molecule has 0 bridgehead atoms. The maximum absolute atomic E-state index is 12.3. The lowest BCUT2D eigenvalue weighted by atomic mass is 10.2. The van der Waals surface area contributed by atoms with Crippen molar-refractivity contribution in [1.82, 2.24) is 0 Å². The van der Waals surface area contributed by atoms with Crippen LogP contribution in [0.5, 0.6) is 17.2 Å². The van der Waals surface area contributed by atoms with Gasteiger partial charge in [0.05, 0.1) is 5.69 Å². The van der Waals surface area contributed by atoms with E-state index in [1.807, 2.05) is 42.5 Å². The van der Waals surface area contributed by atoms with Crippen LogP contribution in [0.3, 0.4) is 0 Å². The molecule has 0 spiro atoms. The van der Waals surface area contributed by atoms with Gasteiger partial charge in [0.1, 0.15) is 30.5 Å². The average Bonchev–Trinajstić information content (AvgIpc) is 2.68. The van der Waals surface area contributed by atoms with E-state index in [9.17, 15) is 9.90 Å². The Morgan fingerprint density at radius 2 is 1.46 bits per heavy atom. The van der Waals surface area contributed by atoms with E-state index in [4.69, 9.17) is 9.47 Å². The topological polar surface area (TPSA) is 67.8 Å². The SMILES string of the molecule is O=C(Nc1ccccc1OCCOc1ccccc1)c1ccc(O)cc1. The van der Waals surface area contributed by atoms with Gasteiger partial charge < -0.3 is 19.9 Å². The molecule has 0 heterocycles. The number of nitrogens with one attached hydrogen (secondary N) is 1. The Labute approximate surface area is 151 Å². The highest BCUT2D eigenvalue weighted by Gasteiger charge is 2.10. The summed E-state index contributed by atoms with van der Waals surface area (Å²) in [7, 11) is 0. The van der Waals surface area contributed by atoms with Crippen molar-refractivity contribution >= 4 is 11.6 Å². The number of amides is 1. The van der Waals surface area contributed by atoms with Crippen LogP contribution in [0, 0.1) is 0 Å². The standard InChI is InChI=1S/C21H19NO4/c23-17-12-10-16(11-13-17)21(24)22-19-8-4-5-9-20(19)26-15-14-25-18-6-2-1-3-7-18/h1-13,23H,14-15H2,(H,22,24). The van der Waals surface area contributed by atoms with E-state index in [0.29, 0.717) is 30.2 Å². The molecule has 5 heteroatoms. The van der Waals surface area contributed by atoms with Gasteiger partial charge in [0.25, 0.3) is 5.91 Å².